The van der Waals surface area contributed by atoms with Crippen molar-refractivity contribution in [1.29, 1.82) is 0 Å². The van der Waals surface area contributed by atoms with Gasteiger partial charge in [-0.3, -0.25) is 0 Å². The molecule has 1 aromatic carbocycles. The highest BCUT2D eigenvalue weighted by Gasteiger charge is 2.20. The number of fused-ring (bicyclic) bond motifs is 1. The van der Waals surface area contributed by atoms with Gasteiger partial charge in [0, 0.05) is 13.1 Å². The third-order valence-electron chi connectivity index (χ3n) is 4.10. The summed E-state index contributed by atoms with van der Waals surface area (Å²) < 4.78 is 4.39. The maximum Gasteiger partial charge on any atom is 0.351 e. The van der Waals surface area contributed by atoms with Crippen molar-refractivity contribution in [3.05, 3.63) is 50.8 Å². The summed E-state index contributed by atoms with van der Waals surface area (Å²) in [6.45, 7) is 7.67. The van der Waals surface area contributed by atoms with Crippen LogP contribution in [0.2, 0.25) is 0 Å². The van der Waals surface area contributed by atoms with E-state index in [1.807, 2.05) is 24.3 Å². The Morgan fingerprint density at radius 1 is 0.857 bits per heavy atom. The van der Waals surface area contributed by atoms with E-state index in [1.54, 1.807) is 9.36 Å². The molecule has 3 rings (SSSR count). The summed E-state index contributed by atoms with van der Waals surface area (Å²) in [4.78, 5) is 24.8. The van der Waals surface area contributed by atoms with Crippen LogP contribution in [0.25, 0.3) is 5.69 Å². The van der Waals surface area contributed by atoms with E-state index in [0.717, 1.165) is 12.8 Å². The molecule has 2 aromatic rings. The topological polar surface area (TPSA) is 48.9 Å². The van der Waals surface area contributed by atoms with E-state index in [1.165, 1.54) is 10.1 Å². The molecule has 5 heteroatoms. The molecule has 1 aliphatic heterocycles. The van der Waals surface area contributed by atoms with Crippen molar-refractivity contribution in [2.75, 3.05) is 0 Å². The summed E-state index contributed by atoms with van der Waals surface area (Å²) in [6.07, 6.45) is 1.90. The SMILES string of the molecule is CC(C)(C)c1ccc(-n2c(=O)n3n(c2=O)CCCC3)cc1. The molecule has 1 aromatic heterocycles. The lowest BCUT2D eigenvalue weighted by molar-refractivity contribution is 0.348. The molecule has 0 fully saturated rings. The lowest BCUT2D eigenvalue weighted by Gasteiger charge is -2.18. The predicted molar refractivity (Wildman–Crippen MR) is 82.2 cm³/mol. The van der Waals surface area contributed by atoms with E-state index in [2.05, 4.69) is 20.8 Å². The average Bonchev–Trinajstić information content (AvgIpc) is 2.71. The van der Waals surface area contributed by atoms with Gasteiger partial charge in [0.1, 0.15) is 0 Å². The number of hydrogen-bond donors (Lipinski definition) is 0. The van der Waals surface area contributed by atoms with Gasteiger partial charge in [-0.1, -0.05) is 32.9 Å². The van der Waals surface area contributed by atoms with E-state index in [4.69, 9.17) is 0 Å². The Morgan fingerprint density at radius 2 is 1.33 bits per heavy atom. The first-order valence-electron chi connectivity index (χ1n) is 7.43. The van der Waals surface area contributed by atoms with Gasteiger partial charge < -0.3 is 0 Å². The third kappa shape index (κ3) is 2.26. The summed E-state index contributed by atoms with van der Waals surface area (Å²) in [5, 5.41) is 0. The zero-order chi connectivity index (χ0) is 15.2. The maximum absolute atomic E-state index is 12.4. The Balaban J connectivity index is 2.12. The first kappa shape index (κ1) is 13.9. The van der Waals surface area contributed by atoms with Crippen molar-refractivity contribution in [3.63, 3.8) is 0 Å². The average molecular weight is 287 g/mol. The molecular formula is C16H21N3O2. The van der Waals surface area contributed by atoms with E-state index in [9.17, 15) is 9.59 Å². The van der Waals surface area contributed by atoms with Gasteiger partial charge in [-0.2, -0.15) is 0 Å². The molecule has 0 unspecified atom stereocenters. The minimum absolute atomic E-state index is 0.0541. The number of nitrogens with zero attached hydrogens (tertiary/aromatic N) is 3. The number of aromatic nitrogens is 3. The molecule has 0 spiro atoms. The molecule has 5 nitrogen and oxygen atoms in total. The van der Waals surface area contributed by atoms with E-state index in [0.29, 0.717) is 18.8 Å². The molecule has 0 amide bonds. The van der Waals surface area contributed by atoms with Crippen molar-refractivity contribution < 1.29 is 0 Å². The Kier molecular flexibility index (Phi) is 3.15. The van der Waals surface area contributed by atoms with Gasteiger partial charge in [-0.05, 0) is 36.0 Å². The van der Waals surface area contributed by atoms with Crippen LogP contribution in [0.4, 0.5) is 0 Å². The standard InChI is InChI=1S/C16H21N3O2/c1-16(2,3)12-6-8-13(9-7-12)19-14(20)17-10-4-5-11-18(17)15(19)21/h6-9H,4-5,10-11H2,1-3H3. The van der Waals surface area contributed by atoms with Crippen LogP contribution < -0.4 is 11.4 Å². The molecule has 0 N–H and O–H groups in total. The zero-order valence-corrected chi connectivity index (χ0v) is 12.8. The second kappa shape index (κ2) is 4.76. The quantitative estimate of drug-likeness (QED) is 0.804. The van der Waals surface area contributed by atoms with Crippen LogP contribution in [0.15, 0.2) is 33.9 Å². The monoisotopic (exact) mass is 287 g/mol. The van der Waals surface area contributed by atoms with Gasteiger partial charge in [0.2, 0.25) is 0 Å². The highest BCUT2D eigenvalue weighted by atomic mass is 16.2. The van der Waals surface area contributed by atoms with Crippen molar-refractivity contribution in [2.45, 2.75) is 52.1 Å². The minimum Gasteiger partial charge on any atom is -0.246 e. The fraction of sp³-hybridized carbons (Fsp3) is 0.500. The molecule has 2 heterocycles. The Morgan fingerprint density at radius 3 is 1.76 bits per heavy atom. The van der Waals surface area contributed by atoms with Crippen LogP contribution in [-0.4, -0.2) is 13.9 Å². The highest BCUT2D eigenvalue weighted by molar-refractivity contribution is 5.36. The second-order valence-electron chi connectivity index (χ2n) is 6.65. The molecule has 0 saturated heterocycles. The summed E-state index contributed by atoms with van der Waals surface area (Å²) in [6, 6.07) is 7.69. The smallest absolute Gasteiger partial charge is 0.246 e. The number of hydrogen-bond acceptors (Lipinski definition) is 2. The molecule has 0 atom stereocenters. The van der Waals surface area contributed by atoms with Crippen molar-refractivity contribution in [2.24, 2.45) is 0 Å². The fourth-order valence-electron chi connectivity index (χ4n) is 2.81. The molecule has 0 saturated carbocycles. The van der Waals surface area contributed by atoms with E-state index in [-0.39, 0.29) is 16.8 Å². The van der Waals surface area contributed by atoms with Crippen molar-refractivity contribution >= 4 is 0 Å². The fourth-order valence-corrected chi connectivity index (χ4v) is 2.81. The van der Waals surface area contributed by atoms with Crippen LogP contribution >= 0.6 is 0 Å². The molecule has 0 radical (unpaired) electrons. The van der Waals surface area contributed by atoms with Gasteiger partial charge in [-0.25, -0.2) is 23.5 Å². The zero-order valence-electron chi connectivity index (χ0n) is 12.8. The minimum atomic E-state index is -0.233. The largest absolute Gasteiger partial charge is 0.351 e. The number of benzene rings is 1. The maximum atomic E-state index is 12.4. The van der Waals surface area contributed by atoms with E-state index < -0.39 is 0 Å². The van der Waals surface area contributed by atoms with Gasteiger partial charge in [0.05, 0.1) is 5.69 Å². The summed E-state index contributed by atoms with van der Waals surface area (Å²) in [5.74, 6) is 0. The van der Waals surface area contributed by atoms with Gasteiger partial charge in [-0.15, -0.1) is 0 Å². The second-order valence-corrected chi connectivity index (χ2v) is 6.65. The molecule has 0 aliphatic carbocycles. The summed E-state index contributed by atoms with van der Waals surface area (Å²) in [5.41, 5.74) is 1.42. The van der Waals surface area contributed by atoms with Crippen LogP contribution in [0, 0.1) is 0 Å². The first-order valence-corrected chi connectivity index (χ1v) is 7.43. The lowest BCUT2D eigenvalue weighted by atomic mass is 9.87. The Bertz CT molecular complexity index is 732. The summed E-state index contributed by atoms with van der Waals surface area (Å²) >= 11 is 0. The van der Waals surface area contributed by atoms with Gasteiger partial charge in [0.15, 0.2) is 0 Å². The normalized spacial score (nSPS) is 15.0. The van der Waals surface area contributed by atoms with Crippen molar-refractivity contribution in [3.8, 4) is 5.69 Å². The lowest BCUT2D eigenvalue weighted by Crippen LogP contribution is -2.30. The van der Waals surface area contributed by atoms with Gasteiger partial charge >= 0.3 is 11.4 Å². The molecule has 0 bridgehead atoms. The van der Waals surface area contributed by atoms with Gasteiger partial charge in [0.25, 0.3) is 0 Å². The Labute approximate surface area is 123 Å². The van der Waals surface area contributed by atoms with Crippen LogP contribution in [-0.2, 0) is 18.5 Å². The predicted octanol–water partition coefficient (Wildman–Crippen LogP) is 1.89. The van der Waals surface area contributed by atoms with Crippen molar-refractivity contribution in [1.82, 2.24) is 13.9 Å². The van der Waals surface area contributed by atoms with Crippen LogP contribution in [0.1, 0.15) is 39.2 Å². The molecule has 21 heavy (non-hydrogen) atoms. The van der Waals surface area contributed by atoms with Crippen LogP contribution in [0.5, 0.6) is 0 Å². The highest BCUT2D eigenvalue weighted by Crippen LogP contribution is 2.22. The molecular weight excluding hydrogens is 266 g/mol. The molecule has 1 aliphatic rings. The Hall–Kier alpha value is -2.04. The van der Waals surface area contributed by atoms with E-state index >= 15 is 0 Å². The number of rotatable bonds is 1. The molecule has 112 valence electrons. The summed E-state index contributed by atoms with van der Waals surface area (Å²) in [7, 11) is 0. The van der Waals surface area contributed by atoms with Crippen LogP contribution in [0.3, 0.4) is 0 Å². The first-order chi connectivity index (χ1) is 9.89. The third-order valence-corrected chi connectivity index (χ3v) is 4.10.